The van der Waals surface area contributed by atoms with Gasteiger partial charge in [-0.15, -0.1) is 0 Å². The molecule has 1 aliphatic heterocycles. The molecule has 6 heteroatoms. The van der Waals surface area contributed by atoms with Gasteiger partial charge in [-0.05, 0) is 37.1 Å². The van der Waals surface area contributed by atoms with Gasteiger partial charge in [0.15, 0.2) is 5.82 Å². The summed E-state index contributed by atoms with van der Waals surface area (Å²) in [6.45, 7) is 6.40. The fourth-order valence-electron chi connectivity index (χ4n) is 3.73. The van der Waals surface area contributed by atoms with Gasteiger partial charge in [-0.3, -0.25) is 0 Å². The van der Waals surface area contributed by atoms with E-state index in [0.717, 1.165) is 35.9 Å². The summed E-state index contributed by atoms with van der Waals surface area (Å²) >= 11 is 0. The van der Waals surface area contributed by atoms with Crippen LogP contribution in [0.4, 0.5) is 11.5 Å². The number of carbonyl (C=O) groups is 1. The molecule has 0 fully saturated rings. The lowest BCUT2D eigenvalue weighted by Crippen LogP contribution is -2.33. The van der Waals surface area contributed by atoms with Crippen molar-refractivity contribution in [2.75, 3.05) is 30.5 Å². The minimum absolute atomic E-state index is 0.00570. The van der Waals surface area contributed by atoms with Crippen molar-refractivity contribution in [3.05, 3.63) is 83.0 Å². The number of fused-ring (bicyclic) bond motifs is 1. The fraction of sp³-hybridized carbons (Fsp3) is 0.280. The van der Waals surface area contributed by atoms with Gasteiger partial charge in [0.2, 0.25) is 0 Å². The Morgan fingerprint density at radius 1 is 1.16 bits per heavy atom. The molecule has 0 amide bonds. The SMILES string of the molecule is COC(=O)c1ccc([C@H](C)Nc2nccc3c2N(Cc2ccc(C)cc2)CCO3)cc1. The molecule has 0 unspecified atom stereocenters. The van der Waals surface area contributed by atoms with Gasteiger partial charge in [0.25, 0.3) is 0 Å². The molecule has 0 saturated heterocycles. The van der Waals surface area contributed by atoms with Crippen molar-refractivity contribution in [2.24, 2.45) is 0 Å². The molecule has 2 heterocycles. The first-order chi connectivity index (χ1) is 15.0. The lowest BCUT2D eigenvalue weighted by atomic mass is 10.1. The predicted octanol–water partition coefficient (Wildman–Crippen LogP) is 4.75. The van der Waals surface area contributed by atoms with Crippen molar-refractivity contribution in [1.29, 1.82) is 0 Å². The molecule has 0 saturated carbocycles. The second-order valence-corrected chi connectivity index (χ2v) is 7.74. The Kier molecular flexibility index (Phi) is 6.07. The average Bonchev–Trinajstić information content (AvgIpc) is 2.80. The molecule has 160 valence electrons. The number of pyridine rings is 1. The van der Waals surface area contributed by atoms with Crippen molar-refractivity contribution >= 4 is 17.5 Å². The highest BCUT2D eigenvalue weighted by Crippen LogP contribution is 2.39. The second kappa shape index (κ2) is 9.08. The van der Waals surface area contributed by atoms with E-state index in [0.29, 0.717) is 12.2 Å². The van der Waals surface area contributed by atoms with Gasteiger partial charge in [0.05, 0.1) is 25.3 Å². The zero-order valence-electron chi connectivity index (χ0n) is 18.1. The van der Waals surface area contributed by atoms with E-state index in [2.05, 4.69) is 53.3 Å². The van der Waals surface area contributed by atoms with Gasteiger partial charge in [0.1, 0.15) is 18.0 Å². The first-order valence-corrected chi connectivity index (χ1v) is 10.4. The molecule has 4 rings (SSSR count). The summed E-state index contributed by atoms with van der Waals surface area (Å²) in [5.74, 6) is 1.29. The Hall–Kier alpha value is -3.54. The molecular weight excluding hydrogens is 390 g/mol. The van der Waals surface area contributed by atoms with E-state index in [1.165, 1.54) is 18.2 Å². The van der Waals surface area contributed by atoms with Gasteiger partial charge in [0, 0.05) is 18.8 Å². The Balaban J connectivity index is 1.56. The van der Waals surface area contributed by atoms with Crippen molar-refractivity contribution in [2.45, 2.75) is 26.4 Å². The van der Waals surface area contributed by atoms with Crippen molar-refractivity contribution < 1.29 is 14.3 Å². The third kappa shape index (κ3) is 4.63. The van der Waals surface area contributed by atoms with E-state index in [1.54, 1.807) is 18.3 Å². The lowest BCUT2D eigenvalue weighted by Gasteiger charge is -2.33. The van der Waals surface area contributed by atoms with Crippen LogP contribution in [0.15, 0.2) is 60.8 Å². The maximum absolute atomic E-state index is 11.7. The van der Waals surface area contributed by atoms with Crippen LogP contribution in [-0.2, 0) is 11.3 Å². The predicted molar refractivity (Wildman–Crippen MR) is 122 cm³/mol. The molecule has 0 aliphatic carbocycles. The molecule has 0 spiro atoms. The van der Waals surface area contributed by atoms with Crippen LogP contribution >= 0.6 is 0 Å². The maximum Gasteiger partial charge on any atom is 0.337 e. The number of hydrogen-bond acceptors (Lipinski definition) is 6. The zero-order chi connectivity index (χ0) is 21.8. The molecule has 31 heavy (non-hydrogen) atoms. The number of hydrogen-bond donors (Lipinski definition) is 1. The van der Waals surface area contributed by atoms with E-state index in [-0.39, 0.29) is 12.0 Å². The highest BCUT2D eigenvalue weighted by Gasteiger charge is 2.24. The number of benzene rings is 2. The average molecular weight is 418 g/mol. The van der Waals surface area contributed by atoms with Crippen LogP contribution in [0, 0.1) is 6.92 Å². The molecule has 1 N–H and O–H groups in total. The number of nitrogens with one attached hydrogen (secondary N) is 1. The summed E-state index contributed by atoms with van der Waals surface area (Å²) in [4.78, 5) is 18.6. The number of ether oxygens (including phenoxy) is 2. The summed E-state index contributed by atoms with van der Waals surface area (Å²) in [6.07, 6.45) is 1.77. The normalized spacial score (nSPS) is 13.7. The first-order valence-electron chi connectivity index (χ1n) is 10.4. The van der Waals surface area contributed by atoms with Gasteiger partial charge in [-0.2, -0.15) is 0 Å². The summed E-state index contributed by atoms with van der Waals surface area (Å²) in [6, 6.07) is 17.9. The Morgan fingerprint density at radius 3 is 2.61 bits per heavy atom. The second-order valence-electron chi connectivity index (χ2n) is 7.74. The maximum atomic E-state index is 11.7. The summed E-state index contributed by atoms with van der Waals surface area (Å²) in [5.41, 5.74) is 5.06. The van der Waals surface area contributed by atoms with Gasteiger partial charge in [-0.1, -0.05) is 42.0 Å². The first kappa shape index (κ1) is 20.7. The Morgan fingerprint density at radius 2 is 1.90 bits per heavy atom. The molecule has 1 aromatic heterocycles. The quantitative estimate of drug-likeness (QED) is 0.584. The standard InChI is InChI=1S/C25H27N3O3/c1-17-4-6-19(7-5-17)16-28-14-15-31-22-12-13-26-24(23(22)28)27-18(2)20-8-10-21(11-9-20)25(29)30-3/h4-13,18H,14-16H2,1-3H3,(H,26,27)/t18-/m0/s1. The molecular formula is C25H27N3O3. The number of anilines is 2. The van der Waals surface area contributed by atoms with E-state index < -0.39 is 0 Å². The van der Waals surface area contributed by atoms with Gasteiger partial charge < -0.3 is 19.7 Å². The van der Waals surface area contributed by atoms with Crippen LogP contribution in [0.2, 0.25) is 0 Å². The van der Waals surface area contributed by atoms with Crippen molar-refractivity contribution in [3.63, 3.8) is 0 Å². The number of methoxy groups -OCH3 is 1. The van der Waals surface area contributed by atoms with Gasteiger partial charge in [-0.25, -0.2) is 9.78 Å². The highest BCUT2D eigenvalue weighted by molar-refractivity contribution is 5.89. The number of rotatable bonds is 6. The van der Waals surface area contributed by atoms with E-state index in [4.69, 9.17) is 9.47 Å². The summed E-state index contributed by atoms with van der Waals surface area (Å²) in [5, 5.41) is 3.52. The highest BCUT2D eigenvalue weighted by atomic mass is 16.5. The van der Waals surface area contributed by atoms with E-state index in [1.807, 2.05) is 18.2 Å². The minimum Gasteiger partial charge on any atom is -0.489 e. The molecule has 6 nitrogen and oxygen atoms in total. The number of aromatic nitrogens is 1. The number of esters is 1. The molecule has 0 radical (unpaired) electrons. The number of nitrogens with zero attached hydrogens (tertiary/aromatic N) is 2. The topological polar surface area (TPSA) is 63.7 Å². The van der Waals surface area contributed by atoms with Crippen LogP contribution in [0.1, 0.15) is 40.0 Å². The fourth-order valence-corrected chi connectivity index (χ4v) is 3.73. The number of carbonyl (C=O) groups excluding carboxylic acids is 1. The summed E-state index contributed by atoms with van der Waals surface area (Å²) in [7, 11) is 1.38. The Labute approximate surface area is 182 Å². The molecule has 2 aromatic carbocycles. The number of aryl methyl sites for hydroxylation is 1. The van der Waals surface area contributed by atoms with Crippen molar-refractivity contribution in [1.82, 2.24) is 4.98 Å². The van der Waals surface area contributed by atoms with Crippen LogP contribution in [-0.4, -0.2) is 31.2 Å². The zero-order valence-corrected chi connectivity index (χ0v) is 18.1. The smallest absolute Gasteiger partial charge is 0.337 e. The lowest BCUT2D eigenvalue weighted by molar-refractivity contribution is 0.0600. The largest absolute Gasteiger partial charge is 0.489 e. The van der Waals surface area contributed by atoms with Gasteiger partial charge >= 0.3 is 5.97 Å². The molecule has 1 aliphatic rings. The van der Waals surface area contributed by atoms with Crippen molar-refractivity contribution in [3.8, 4) is 5.75 Å². The Bertz CT molecular complexity index is 1050. The van der Waals surface area contributed by atoms with E-state index >= 15 is 0 Å². The van der Waals surface area contributed by atoms with E-state index in [9.17, 15) is 4.79 Å². The molecule has 0 bridgehead atoms. The third-order valence-corrected chi connectivity index (χ3v) is 5.50. The molecule has 3 aromatic rings. The molecule has 1 atom stereocenters. The minimum atomic E-state index is -0.338. The third-order valence-electron chi connectivity index (χ3n) is 5.50. The van der Waals surface area contributed by atoms with Crippen LogP contribution < -0.4 is 15.0 Å². The summed E-state index contributed by atoms with van der Waals surface area (Å²) < 4.78 is 10.7. The van der Waals surface area contributed by atoms with Crippen LogP contribution in [0.25, 0.3) is 0 Å². The van der Waals surface area contributed by atoms with Crippen LogP contribution in [0.5, 0.6) is 5.75 Å². The monoisotopic (exact) mass is 417 g/mol. The van der Waals surface area contributed by atoms with Crippen LogP contribution in [0.3, 0.4) is 0 Å².